The second-order valence-electron chi connectivity index (χ2n) is 10.3. The molecule has 12 heteroatoms. The van der Waals surface area contributed by atoms with E-state index in [1.54, 1.807) is 64.4 Å². The zero-order valence-electron chi connectivity index (χ0n) is 22.4. The number of aliphatic hydroxyl groups excluding tert-OH is 1. The largest absolute Gasteiger partial charge is 0.387 e. The van der Waals surface area contributed by atoms with Crippen LogP contribution in [-0.4, -0.2) is 61.1 Å². The van der Waals surface area contributed by atoms with Gasteiger partial charge in [-0.15, -0.1) is 0 Å². The summed E-state index contributed by atoms with van der Waals surface area (Å²) in [6.07, 6.45) is -0.261. The molecule has 212 valence electrons. The van der Waals surface area contributed by atoms with Gasteiger partial charge in [0, 0.05) is 55.2 Å². The number of urea groups is 1. The van der Waals surface area contributed by atoms with Crippen LogP contribution in [0.2, 0.25) is 0 Å². The van der Waals surface area contributed by atoms with E-state index in [9.17, 15) is 28.4 Å². The molecule has 1 aliphatic rings. The number of amides is 2. The maximum atomic E-state index is 12.9. The Kier molecular flexibility index (Phi) is 8.72. The van der Waals surface area contributed by atoms with Crippen LogP contribution in [0.5, 0.6) is 0 Å². The summed E-state index contributed by atoms with van der Waals surface area (Å²) in [5, 5.41) is 25.0. The van der Waals surface area contributed by atoms with Crippen LogP contribution in [0.25, 0.3) is 0 Å². The molecule has 0 spiro atoms. The minimum absolute atomic E-state index is 0.0255. The number of nitro groups is 1. The predicted octanol–water partition coefficient (Wildman–Crippen LogP) is 4.13. The Morgan fingerprint density at radius 2 is 1.73 bits per heavy atom. The highest BCUT2D eigenvalue weighted by atomic mass is 32.2. The highest BCUT2D eigenvalue weighted by molar-refractivity contribution is 7.92. The van der Waals surface area contributed by atoms with Gasteiger partial charge in [0.05, 0.1) is 15.9 Å². The normalized spacial score (nSPS) is 14.8. The van der Waals surface area contributed by atoms with Crippen LogP contribution in [0.4, 0.5) is 21.9 Å². The minimum atomic E-state index is -3.75. The summed E-state index contributed by atoms with van der Waals surface area (Å²) in [4.78, 5) is 26.8. The van der Waals surface area contributed by atoms with Crippen LogP contribution in [0.15, 0.2) is 83.8 Å². The molecule has 2 amide bonds. The van der Waals surface area contributed by atoms with Crippen molar-refractivity contribution in [3.63, 3.8) is 0 Å². The average molecular weight is 568 g/mol. The van der Waals surface area contributed by atoms with Crippen molar-refractivity contribution in [1.82, 2.24) is 10.2 Å². The summed E-state index contributed by atoms with van der Waals surface area (Å²) in [7, 11) is -3.75. The number of hydrogen-bond donors (Lipinski definition) is 3. The number of carbonyl (C=O) groups excluding carboxylic acids is 1. The molecule has 40 heavy (non-hydrogen) atoms. The zero-order valence-corrected chi connectivity index (χ0v) is 23.2. The quantitative estimate of drug-likeness (QED) is 0.220. The molecule has 0 bridgehead atoms. The molecular weight excluding hydrogens is 534 g/mol. The Morgan fingerprint density at radius 1 is 1.02 bits per heavy atom. The van der Waals surface area contributed by atoms with E-state index < -0.39 is 26.6 Å². The van der Waals surface area contributed by atoms with Crippen molar-refractivity contribution in [3.8, 4) is 0 Å². The zero-order chi connectivity index (χ0) is 28.9. The van der Waals surface area contributed by atoms with Gasteiger partial charge in [-0.3, -0.25) is 19.7 Å². The van der Waals surface area contributed by atoms with Crippen molar-refractivity contribution in [2.75, 3.05) is 35.8 Å². The third-order valence-corrected chi connectivity index (χ3v) is 8.22. The average Bonchev–Trinajstić information content (AvgIpc) is 3.31. The van der Waals surface area contributed by atoms with Crippen molar-refractivity contribution in [1.29, 1.82) is 0 Å². The Morgan fingerprint density at radius 3 is 2.40 bits per heavy atom. The van der Waals surface area contributed by atoms with Crippen LogP contribution in [0.3, 0.4) is 0 Å². The molecule has 1 saturated heterocycles. The lowest BCUT2D eigenvalue weighted by Gasteiger charge is -2.30. The van der Waals surface area contributed by atoms with E-state index >= 15 is 0 Å². The van der Waals surface area contributed by atoms with E-state index in [0.717, 1.165) is 0 Å². The number of anilines is 2. The molecule has 0 aromatic heterocycles. The molecule has 0 radical (unpaired) electrons. The Balaban J connectivity index is 1.29. The predicted molar refractivity (Wildman–Crippen MR) is 153 cm³/mol. The van der Waals surface area contributed by atoms with Gasteiger partial charge in [-0.05, 0) is 62.2 Å². The van der Waals surface area contributed by atoms with Crippen LogP contribution in [0.1, 0.15) is 31.9 Å². The van der Waals surface area contributed by atoms with Gasteiger partial charge in [-0.25, -0.2) is 13.2 Å². The molecule has 11 nitrogen and oxygen atoms in total. The van der Waals surface area contributed by atoms with Crippen molar-refractivity contribution in [3.05, 3.63) is 94.5 Å². The van der Waals surface area contributed by atoms with Gasteiger partial charge in [0.15, 0.2) is 0 Å². The first-order chi connectivity index (χ1) is 18.9. The number of nitro benzene ring substituents is 1. The van der Waals surface area contributed by atoms with Crippen molar-refractivity contribution in [2.45, 2.75) is 36.8 Å². The van der Waals surface area contributed by atoms with E-state index in [-0.39, 0.29) is 23.2 Å². The van der Waals surface area contributed by atoms with E-state index in [1.807, 2.05) is 13.8 Å². The van der Waals surface area contributed by atoms with Gasteiger partial charge in [0.25, 0.3) is 15.7 Å². The molecule has 1 fully saturated rings. The Bertz CT molecular complexity index is 1450. The first-order valence-electron chi connectivity index (χ1n) is 12.9. The number of hydrogen-bond acceptors (Lipinski definition) is 7. The van der Waals surface area contributed by atoms with Crippen LogP contribution < -0.4 is 14.9 Å². The Labute approximate surface area is 233 Å². The lowest BCUT2D eigenvalue weighted by molar-refractivity contribution is -0.384. The maximum absolute atomic E-state index is 12.9. The third kappa shape index (κ3) is 7.14. The van der Waals surface area contributed by atoms with Crippen LogP contribution in [-0.2, 0) is 10.0 Å². The van der Waals surface area contributed by atoms with E-state index in [1.165, 1.54) is 24.3 Å². The molecule has 1 aliphatic heterocycles. The van der Waals surface area contributed by atoms with Gasteiger partial charge >= 0.3 is 6.03 Å². The Hall–Kier alpha value is -4.00. The number of nitrogens with zero attached hydrogens (tertiary/aromatic N) is 3. The van der Waals surface area contributed by atoms with E-state index in [2.05, 4.69) is 10.0 Å². The fourth-order valence-corrected chi connectivity index (χ4v) is 5.47. The molecule has 0 saturated carbocycles. The van der Waals surface area contributed by atoms with E-state index in [0.29, 0.717) is 43.0 Å². The molecule has 1 atom stereocenters. The van der Waals surface area contributed by atoms with Gasteiger partial charge in [-0.2, -0.15) is 0 Å². The SMILES string of the molecule is CC(C)(CCN1CCN(c2ccc([N+](=O)[O-])cc2)C1=O)NCC(O)c1cccc(NS(=O)(=O)c2ccccc2)c1. The molecule has 1 heterocycles. The number of aliphatic hydroxyl groups is 1. The third-order valence-electron chi connectivity index (χ3n) is 6.82. The smallest absolute Gasteiger partial charge is 0.324 e. The molecule has 3 N–H and O–H groups in total. The van der Waals surface area contributed by atoms with Gasteiger partial charge < -0.3 is 15.3 Å². The molecule has 3 aromatic rings. The lowest BCUT2D eigenvalue weighted by atomic mass is 9.99. The highest BCUT2D eigenvalue weighted by Gasteiger charge is 2.31. The second kappa shape index (κ2) is 12.0. The fourth-order valence-electron chi connectivity index (χ4n) is 4.40. The number of sulfonamides is 1. The van der Waals surface area contributed by atoms with Crippen molar-refractivity contribution < 1.29 is 23.2 Å². The number of β-amino-alcohol motifs (C(OH)–C–C–N with tert-alkyl or cyclic N) is 1. The van der Waals surface area contributed by atoms with Gasteiger partial charge in [0.1, 0.15) is 0 Å². The number of non-ortho nitro benzene ring substituents is 1. The topological polar surface area (TPSA) is 145 Å². The highest BCUT2D eigenvalue weighted by Crippen LogP contribution is 2.25. The molecule has 3 aromatic carbocycles. The van der Waals surface area contributed by atoms with Crippen LogP contribution >= 0.6 is 0 Å². The van der Waals surface area contributed by atoms with Crippen molar-refractivity contribution >= 4 is 33.1 Å². The first kappa shape index (κ1) is 29.0. The molecular formula is C28H33N5O6S. The summed E-state index contributed by atoms with van der Waals surface area (Å²) in [5.74, 6) is 0. The number of rotatable bonds is 12. The van der Waals surface area contributed by atoms with Crippen LogP contribution in [0, 0.1) is 10.1 Å². The fraction of sp³-hybridized carbons (Fsp3) is 0.321. The first-order valence-corrected chi connectivity index (χ1v) is 14.4. The standard InChI is InChI=1S/C28H33N5O6S/c1-28(2,15-16-31-17-18-32(27(31)35)23-11-13-24(14-12-23)33(36)37)29-20-26(34)21-7-6-8-22(19-21)30-40(38,39)25-9-4-3-5-10-25/h3-14,19,26,29-30,34H,15-18,20H2,1-2H3. The number of nitrogens with one attached hydrogen (secondary N) is 2. The van der Waals surface area contributed by atoms with E-state index in [4.69, 9.17) is 0 Å². The molecule has 0 aliphatic carbocycles. The minimum Gasteiger partial charge on any atom is -0.387 e. The van der Waals surface area contributed by atoms with Gasteiger partial charge in [0.2, 0.25) is 0 Å². The van der Waals surface area contributed by atoms with Gasteiger partial charge in [-0.1, -0.05) is 30.3 Å². The maximum Gasteiger partial charge on any atom is 0.324 e. The van der Waals surface area contributed by atoms with Crippen molar-refractivity contribution in [2.24, 2.45) is 0 Å². The summed E-state index contributed by atoms with van der Waals surface area (Å²) >= 11 is 0. The second-order valence-corrected chi connectivity index (χ2v) is 12.0. The lowest BCUT2D eigenvalue weighted by Crippen LogP contribution is -2.44. The monoisotopic (exact) mass is 567 g/mol. The number of carbonyl (C=O) groups is 1. The summed E-state index contributed by atoms with van der Waals surface area (Å²) in [6.45, 7) is 5.73. The summed E-state index contributed by atoms with van der Waals surface area (Å²) < 4.78 is 27.8. The molecule has 1 unspecified atom stereocenters. The summed E-state index contributed by atoms with van der Waals surface area (Å²) in [5.41, 5.74) is 1.10. The number of benzene rings is 3. The molecule has 4 rings (SSSR count). The summed E-state index contributed by atoms with van der Waals surface area (Å²) in [6, 6.07) is 20.5.